The lowest BCUT2D eigenvalue weighted by Gasteiger charge is -2.36. The summed E-state index contributed by atoms with van der Waals surface area (Å²) in [6, 6.07) is 16.3. The molecule has 3 amide bonds. The molecule has 1 saturated carbocycles. The number of urea groups is 1. The second-order valence-corrected chi connectivity index (χ2v) is 8.95. The number of hydrogen-bond donors (Lipinski definition) is 2. The molecule has 0 atom stereocenters. The minimum atomic E-state index is -0.120. The molecule has 0 aromatic heterocycles. The summed E-state index contributed by atoms with van der Waals surface area (Å²) in [5, 5.41) is 6.03. The highest BCUT2D eigenvalue weighted by molar-refractivity contribution is 5.89. The fraction of sp³-hybridized carbons (Fsp3) is 0.462. The van der Waals surface area contributed by atoms with Gasteiger partial charge in [0.2, 0.25) is 5.91 Å². The zero-order chi connectivity index (χ0) is 22.3. The van der Waals surface area contributed by atoms with Crippen LogP contribution in [-0.4, -0.2) is 49.1 Å². The second kappa shape index (κ2) is 10.5. The maximum absolute atomic E-state index is 12.7. The molecule has 4 rings (SSSR count). The molecule has 0 unspecified atom stereocenters. The number of aryl methyl sites for hydroxylation is 1. The Kier molecular flexibility index (Phi) is 7.30. The van der Waals surface area contributed by atoms with Gasteiger partial charge in [-0.15, -0.1) is 0 Å². The lowest BCUT2D eigenvalue weighted by molar-refractivity contribution is -0.130. The fourth-order valence-electron chi connectivity index (χ4n) is 4.65. The van der Waals surface area contributed by atoms with Crippen molar-refractivity contribution in [2.45, 2.75) is 51.5 Å². The van der Waals surface area contributed by atoms with E-state index in [0.717, 1.165) is 56.0 Å². The largest absolute Gasteiger partial charge is 0.368 e. The molecule has 2 aromatic rings. The molecule has 2 N–H and O–H groups in total. The van der Waals surface area contributed by atoms with Gasteiger partial charge < -0.3 is 20.4 Å². The molecule has 0 bridgehead atoms. The Morgan fingerprint density at radius 1 is 0.906 bits per heavy atom. The van der Waals surface area contributed by atoms with E-state index in [2.05, 4.69) is 28.5 Å². The third-order valence-electron chi connectivity index (χ3n) is 6.67. The zero-order valence-corrected chi connectivity index (χ0v) is 19.0. The first-order valence-corrected chi connectivity index (χ1v) is 11.8. The van der Waals surface area contributed by atoms with Gasteiger partial charge >= 0.3 is 6.03 Å². The third kappa shape index (κ3) is 5.81. The number of carbonyl (C=O) groups is 2. The van der Waals surface area contributed by atoms with Crippen molar-refractivity contribution in [1.29, 1.82) is 0 Å². The van der Waals surface area contributed by atoms with Crippen molar-refractivity contribution >= 4 is 23.3 Å². The van der Waals surface area contributed by atoms with Crippen LogP contribution in [0.4, 0.5) is 16.2 Å². The highest BCUT2D eigenvalue weighted by Gasteiger charge is 2.22. The minimum Gasteiger partial charge on any atom is -0.368 e. The molecule has 1 heterocycles. The average molecular weight is 435 g/mol. The Morgan fingerprint density at radius 2 is 1.59 bits per heavy atom. The molecule has 0 radical (unpaired) electrons. The first-order chi connectivity index (χ1) is 15.6. The summed E-state index contributed by atoms with van der Waals surface area (Å²) in [6.07, 6.45) is 6.29. The molecule has 2 aliphatic rings. The number of piperazine rings is 1. The van der Waals surface area contributed by atoms with Gasteiger partial charge in [-0.2, -0.15) is 0 Å². The summed E-state index contributed by atoms with van der Waals surface area (Å²) >= 11 is 0. The van der Waals surface area contributed by atoms with Crippen LogP contribution in [0.15, 0.2) is 48.5 Å². The van der Waals surface area contributed by atoms with Crippen molar-refractivity contribution in [3.8, 4) is 0 Å². The van der Waals surface area contributed by atoms with Crippen LogP contribution in [0, 0.1) is 6.92 Å². The van der Waals surface area contributed by atoms with Crippen molar-refractivity contribution in [3.05, 3.63) is 59.7 Å². The summed E-state index contributed by atoms with van der Waals surface area (Å²) in [4.78, 5) is 29.2. The summed E-state index contributed by atoms with van der Waals surface area (Å²) < 4.78 is 0. The number of nitrogens with one attached hydrogen (secondary N) is 2. The molecule has 2 fully saturated rings. The van der Waals surface area contributed by atoms with Gasteiger partial charge in [0.05, 0.1) is 6.42 Å². The Bertz CT molecular complexity index is 914. The van der Waals surface area contributed by atoms with Gasteiger partial charge in [-0.05, 0) is 55.2 Å². The van der Waals surface area contributed by atoms with Crippen LogP contribution >= 0.6 is 0 Å². The topological polar surface area (TPSA) is 64.7 Å². The smallest absolute Gasteiger partial charge is 0.319 e. The summed E-state index contributed by atoms with van der Waals surface area (Å²) in [7, 11) is 0. The van der Waals surface area contributed by atoms with E-state index in [0.29, 0.717) is 12.5 Å². The maximum atomic E-state index is 12.7. The predicted octanol–water partition coefficient (Wildman–Crippen LogP) is 4.34. The second-order valence-electron chi connectivity index (χ2n) is 8.95. The van der Waals surface area contributed by atoms with Crippen molar-refractivity contribution in [3.63, 3.8) is 0 Å². The molecule has 0 spiro atoms. The molecule has 170 valence electrons. The molecule has 6 nitrogen and oxygen atoms in total. The van der Waals surface area contributed by atoms with Gasteiger partial charge in [0, 0.05) is 43.6 Å². The fourth-order valence-corrected chi connectivity index (χ4v) is 4.65. The van der Waals surface area contributed by atoms with Crippen LogP contribution in [0.1, 0.15) is 43.2 Å². The van der Waals surface area contributed by atoms with Gasteiger partial charge in [-0.1, -0.05) is 43.5 Å². The number of benzene rings is 2. The normalized spacial score (nSPS) is 17.2. The van der Waals surface area contributed by atoms with Crippen LogP contribution < -0.4 is 15.5 Å². The number of anilines is 2. The van der Waals surface area contributed by atoms with E-state index in [9.17, 15) is 9.59 Å². The number of carbonyl (C=O) groups excluding carboxylic acids is 2. The lowest BCUT2D eigenvalue weighted by atomic mass is 9.96. The van der Waals surface area contributed by atoms with E-state index in [1.807, 2.05) is 47.4 Å². The van der Waals surface area contributed by atoms with Crippen LogP contribution in [0.3, 0.4) is 0 Å². The maximum Gasteiger partial charge on any atom is 0.319 e. The molecule has 6 heteroatoms. The first-order valence-electron chi connectivity index (χ1n) is 11.8. The van der Waals surface area contributed by atoms with E-state index < -0.39 is 0 Å². The molecule has 1 aliphatic carbocycles. The van der Waals surface area contributed by atoms with Crippen LogP contribution in [-0.2, 0) is 11.2 Å². The Morgan fingerprint density at radius 3 is 2.28 bits per heavy atom. The van der Waals surface area contributed by atoms with E-state index in [1.165, 1.54) is 24.8 Å². The molecule has 1 saturated heterocycles. The molecule has 32 heavy (non-hydrogen) atoms. The summed E-state index contributed by atoms with van der Waals surface area (Å²) in [5.74, 6) is 0.197. The van der Waals surface area contributed by atoms with Crippen LogP contribution in [0.5, 0.6) is 0 Å². The number of rotatable bonds is 5. The minimum absolute atomic E-state index is 0.120. The molecule has 2 aromatic carbocycles. The van der Waals surface area contributed by atoms with Crippen LogP contribution in [0.25, 0.3) is 0 Å². The number of amides is 3. The first kappa shape index (κ1) is 22.2. The van der Waals surface area contributed by atoms with Gasteiger partial charge in [-0.3, -0.25) is 4.79 Å². The number of nitrogens with zero attached hydrogens (tertiary/aromatic N) is 2. The van der Waals surface area contributed by atoms with E-state index in [-0.39, 0.29) is 11.9 Å². The van der Waals surface area contributed by atoms with Crippen molar-refractivity contribution < 1.29 is 9.59 Å². The molecular weight excluding hydrogens is 400 g/mol. The van der Waals surface area contributed by atoms with E-state index >= 15 is 0 Å². The Balaban J connectivity index is 1.24. The summed E-state index contributed by atoms with van der Waals surface area (Å²) in [6.45, 7) is 5.14. The third-order valence-corrected chi connectivity index (χ3v) is 6.67. The molecular formula is C26H34N4O2. The van der Waals surface area contributed by atoms with Gasteiger partial charge in [-0.25, -0.2) is 4.79 Å². The van der Waals surface area contributed by atoms with E-state index in [1.54, 1.807) is 0 Å². The van der Waals surface area contributed by atoms with Crippen molar-refractivity contribution in [2.24, 2.45) is 0 Å². The van der Waals surface area contributed by atoms with E-state index in [4.69, 9.17) is 0 Å². The monoisotopic (exact) mass is 434 g/mol. The SMILES string of the molecule is Cc1ccccc1CC(=O)N1CCN(c2ccc(NC(=O)NC3CCCCC3)cc2)CC1. The van der Waals surface area contributed by atoms with Gasteiger partial charge in [0.15, 0.2) is 0 Å². The number of hydrogen-bond acceptors (Lipinski definition) is 3. The average Bonchev–Trinajstić information content (AvgIpc) is 2.82. The predicted molar refractivity (Wildman–Crippen MR) is 129 cm³/mol. The summed E-state index contributed by atoms with van der Waals surface area (Å²) in [5.41, 5.74) is 4.19. The van der Waals surface area contributed by atoms with Gasteiger partial charge in [0.1, 0.15) is 0 Å². The van der Waals surface area contributed by atoms with Gasteiger partial charge in [0.25, 0.3) is 0 Å². The highest BCUT2D eigenvalue weighted by atomic mass is 16.2. The van der Waals surface area contributed by atoms with Crippen molar-refractivity contribution in [1.82, 2.24) is 10.2 Å². The van der Waals surface area contributed by atoms with Crippen LogP contribution in [0.2, 0.25) is 0 Å². The zero-order valence-electron chi connectivity index (χ0n) is 19.0. The Hall–Kier alpha value is -3.02. The highest BCUT2D eigenvalue weighted by Crippen LogP contribution is 2.21. The lowest BCUT2D eigenvalue weighted by Crippen LogP contribution is -2.49. The quantitative estimate of drug-likeness (QED) is 0.736. The standard InChI is InChI=1S/C26H34N4O2/c1-20-7-5-6-8-21(20)19-25(31)30-17-15-29(16-18-30)24-13-11-23(12-14-24)28-26(32)27-22-9-3-2-4-10-22/h5-8,11-14,22H,2-4,9-10,15-19H2,1H3,(H2,27,28,32). The van der Waals surface area contributed by atoms with Crippen molar-refractivity contribution in [2.75, 3.05) is 36.4 Å². The molecule has 1 aliphatic heterocycles. The Labute approximate surface area is 191 Å².